The van der Waals surface area contributed by atoms with Gasteiger partial charge in [0, 0.05) is 6.54 Å². The molecule has 2 amide bonds. The quantitative estimate of drug-likeness (QED) is 0.431. The van der Waals surface area contributed by atoms with Gasteiger partial charge in [0.05, 0.1) is 12.1 Å². The van der Waals surface area contributed by atoms with Gasteiger partial charge in [0.25, 0.3) is 0 Å². The van der Waals surface area contributed by atoms with Crippen LogP contribution in [0.25, 0.3) is 0 Å². The molecule has 0 saturated carbocycles. The van der Waals surface area contributed by atoms with E-state index < -0.39 is 24.0 Å². The van der Waals surface area contributed by atoms with Crippen molar-refractivity contribution in [2.24, 2.45) is 11.5 Å². The van der Waals surface area contributed by atoms with Gasteiger partial charge in [-0.05, 0) is 20.3 Å². The largest absolute Gasteiger partial charge is 0.353 e. The number of carbonyl (C=O) groups excluding carboxylic acids is 3. The van der Waals surface area contributed by atoms with E-state index in [0.29, 0.717) is 6.42 Å². The van der Waals surface area contributed by atoms with Gasteiger partial charge in [0.1, 0.15) is 6.04 Å². The SMILES string of the molecule is CCC(NC(=O)C(N)CNC(=O)C(C)N)C(C)=O. The third-order valence-electron chi connectivity index (χ3n) is 2.46. The molecule has 0 heterocycles. The fraction of sp³-hybridized carbons (Fsp3) is 0.727. The molecule has 0 rings (SSSR count). The van der Waals surface area contributed by atoms with Crippen molar-refractivity contribution >= 4 is 17.6 Å². The topological polar surface area (TPSA) is 127 Å². The normalized spacial score (nSPS) is 15.4. The first kappa shape index (κ1) is 16.5. The van der Waals surface area contributed by atoms with E-state index in [2.05, 4.69) is 10.6 Å². The van der Waals surface area contributed by atoms with Crippen molar-refractivity contribution < 1.29 is 14.4 Å². The van der Waals surface area contributed by atoms with Crippen LogP contribution in [0.2, 0.25) is 0 Å². The number of rotatable bonds is 7. The summed E-state index contributed by atoms with van der Waals surface area (Å²) >= 11 is 0. The van der Waals surface area contributed by atoms with Crippen molar-refractivity contribution in [3.8, 4) is 0 Å². The Balaban J connectivity index is 4.18. The number of hydrogen-bond acceptors (Lipinski definition) is 5. The second-order valence-electron chi connectivity index (χ2n) is 4.22. The van der Waals surface area contributed by atoms with E-state index in [0.717, 1.165) is 0 Å². The Morgan fingerprint density at radius 2 is 1.72 bits per heavy atom. The first-order chi connectivity index (χ1) is 8.29. The maximum absolute atomic E-state index is 11.6. The van der Waals surface area contributed by atoms with Crippen LogP contribution in [0.4, 0.5) is 0 Å². The highest BCUT2D eigenvalue weighted by atomic mass is 16.2. The molecule has 3 atom stereocenters. The summed E-state index contributed by atoms with van der Waals surface area (Å²) in [6.45, 7) is 4.71. The van der Waals surface area contributed by atoms with Gasteiger partial charge in [-0.15, -0.1) is 0 Å². The molecule has 7 heteroatoms. The third kappa shape index (κ3) is 5.74. The minimum Gasteiger partial charge on any atom is -0.353 e. The van der Waals surface area contributed by atoms with E-state index in [-0.39, 0.29) is 18.2 Å². The molecular formula is C11H22N4O3. The summed E-state index contributed by atoms with van der Waals surface area (Å²) in [6.07, 6.45) is 0.500. The lowest BCUT2D eigenvalue weighted by atomic mass is 10.1. The molecule has 0 aliphatic carbocycles. The minimum absolute atomic E-state index is 0.0133. The van der Waals surface area contributed by atoms with Crippen LogP contribution in [-0.2, 0) is 14.4 Å². The average molecular weight is 258 g/mol. The van der Waals surface area contributed by atoms with Crippen molar-refractivity contribution in [2.75, 3.05) is 6.54 Å². The standard InChI is InChI=1S/C11H22N4O3/c1-4-9(7(3)16)15-11(18)8(13)5-14-10(17)6(2)12/h6,8-9H,4-5,12-13H2,1-3H3,(H,14,17)(H,15,18). The highest BCUT2D eigenvalue weighted by Crippen LogP contribution is 1.93. The van der Waals surface area contributed by atoms with Gasteiger partial charge in [-0.25, -0.2) is 0 Å². The molecule has 7 nitrogen and oxygen atoms in total. The summed E-state index contributed by atoms with van der Waals surface area (Å²) in [6, 6.07) is -2.09. The number of hydrogen-bond donors (Lipinski definition) is 4. The van der Waals surface area contributed by atoms with Gasteiger partial charge < -0.3 is 22.1 Å². The Kier molecular flexibility index (Phi) is 7.14. The Morgan fingerprint density at radius 1 is 1.17 bits per heavy atom. The molecule has 3 unspecified atom stereocenters. The summed E-state index contributed by atoms with van der Waals surface area (Å²) < 4.78 is 0. The first-order valence-electron chi connectivity index (χ1n) is 5.89. The smallest absolute Gasteiger partial charge is 0.239 e. The Labute approximate surface area is 107 Å². The van der Waals surface area contributed by atoms with Crippen molar-refractivity contribution in [1.29, 1.82) is 0 Å². The number of nitrogens with one attached hydrogen (secondary N) is 2. The Bertz CT molecular complexity index is 317. The summed E-state index contributed by atoms with van der Waals surface area (Å²) in [5, 5.41) is 4.97. The molecule has 0 saturated heterocycles. The van der Waals surface area contributed by atoms with Crippen molar-refractivity contribution in [1.82, 2.24) is 10.6 Å². The maximum Gasteiger partial charge on any atom is 0.239 e. The molecule has 0 fully saturated rings. The minimum atomic E-state index is -0.902. The Morgan fingerprint density at radius 3 is 2.11 bits per heavy atom. The van der Waals surface area contributed by atoms with Crippen LogP contribution in [0.3, 0.4) is 0 Å². The van der Waals surface area contributed by atoms with Gasteiger partial charge in [0.2, 0.25) is 11.8 Å². The zero-order valence-electron chi connectivity index (χ0n) is 11.0. The van der Waals surface area contributed by atoms with Crippen LogP contribution in [0.1, 0.15) is 27.2 Å². The molecule has 104 valence electrons. The fourth-order valence-electron chi connectivity index (χ4n) is 1.23. The fourth-order valence-corrected chi connectivity index (χ4v) is 1.23. The predicted molar refractivity (Wildman–Crippen MR) is 67.5 cm³/mol. The van der Waals surface area contributed by atoms with Crippen molar-refractivity contribution in [2.45, 2.75) is 45.3 Å². The lowest BCUT2D eigenvalue weighted by molar-refractivity contribution is -0.128. The van der Waals surface area contributed by atoms with E-state index in [1.165, 1.54) is 13.8 Å². The van der Waals surface area contributed by atoms with E-state index in [1.54, 1.807) is 6.92 Å². The average Bonchev–Trinajstić information content (AvgIpc) is 2.31. The molecule has 6 N–H and O–H groups in total. The van der Waals surface area contributed by atoms with Gasteiger partial charge in [-0.1, -0.05) is 6.92 Å². The number of nitrogens with two attached hydrogens (primary N) is 2. The van der Waals surface area contributed by atoms with Crippen LogP contribution in [-0.4, -0.2) is 42.3 Å². The summed E-state index contributed by atoms with van der Waals surface area (Å²) in [7, 11) is 0. The molecule has 0 aromatic carbocycles. The first-order valence-corrected chi connectivity index (χ1v) is 5.89. The summed E-state index contributed by atoms with van der Waals surface area (Å²) in [4.78, 5) is 34.0. The molecule has 0 spiro atoms. The van der Waals surface area contributed by atoms with Gasteiger partial charge >= 0.3 is 0 Å². The monoisotopic (exact) mass is 258 g/mol. The second kappa shape index (κ2) is 7.78. The predicted octanol–water partition coefficient (Wildman–Crippen LogP) is -1.74. The van der Waals surface area contributed by atoms with Gasteiger partial charge in [0.15, 0.2) is 5.78 Å². The third-order valence-corrected chi connectivity index (χ3v) is 2.46. The number of amides is 2. The van der Waals surface area contributed by atoms with E-state index in [4.69, 9.17) is 11.5 Å². The van der Waals surface area contributed by atoms with Gasteiger partial charge in [-0.2, -0.15) is 0 Å². The molecule has 0 radical (unpaired) electrons. The number of carbonyl (C=O) groups is 3. The van der Waals surface area contributed by atoms with Crippen LogP contribution in [0, 0.1) is 0 Å². The highest BCUT2D eigenvalue weighted by Gasteiger charge is 2.20. The van der Waals surface area contributed by atoms with Crippen LogP contribution >= 0.6 is 0 Å². The molecular weight excluding hydrogens is 236 g/mol. The number of Topliss-reactive ketones (excluding diaryl/α,β-unsaturated/α-hetero) is 1. The molecule has 0 aliphatic rings. The summed E-state index contributed by atoms with van der Waals surface area (Å²) in [5.74, 6) is -0.975. The maximum atomic E-state index is 11.6. The van der Waals surface area contributed by atoms with Crippen LogP contribution < -0.4 is 22.1 Å². The van der Waals surface area contributed by atoms with Crippen molar-refractivity contribution in [3.63, 3.8) is 0 Å². The molecule has 0 aromatic rings. The van der Waals surface area contributed by atoms with Crippen molar-refractivity contribution in [3.05, 3.63) is 0 Å². The van der Waals surface area contributed by atoms with E-state index in [1.807, 2.05) is 0 Å². The Hall–Kier alpha value is -1.47. The molecule has 18 heavy (non-hydrogen) atoms. The van der Waals surface area contributed by atoms with Crippen LogP contribution in [0.15, 0.2) is 0 Å². The molecule has 0 aromatic heterocycles. The number of ketones is 1. The van der Waals surface area contributed by atoms with Crippen LogP contribution in [0.5, 0.6) is 0 Å². The van der Waals surface area contributed by atoms with E-state index in [9.17, 15) is 14.4 Å². The second-order valence-corrected chi connectivity index (χ2v) is 4.22. The van der Waals surface area contributed by atoms with E-state index >= 15 is 0 Å². The molecule has 0 aliphatic heterocycles. The van der Waals surface area contributed by atoms with Gasteiger partial charge in [-0.3, -0.25) is 14.4 Å². The highest BCUT2D eigenvalue weighted by molar-refractivity contribution is 5.90. The molecule has 0 bridgehead atoms. The summed E-state index contributed by atoms with van der Waals surface area (Å²) in [5.41, 5.74) is 10.9. The lowest BCUT2D eigenvalue weighted by Gasteiger charge is -2.18. The zero-order chi connectivity index (χ0) is 14.3. The lowest BCUT2D eigenvalue weighted by Crippen LogP contribution is -2.53. The zero-order valence-corrected chi connectivity index (χ0v) is 11.0.